The predicted molar refractivity (Wildman–Crippen MR) is 62.6 cm³/mol. The number of hydrogen-bond donors (Lipinski definition) is 2. The van der Waals surface area contributed by atoms with Crippen LogP contribution in [-0.2, 0) is 4.79 Å². The predicted octanol–water partition coefficient (Wildman–Crippen LogP) is 1.74. The maximum absolute atomic E-state index is 11.6. The van der Waals surface area contributed by atoms with E-state index in [4.69, 9.17) is 0 Å². The Balaban J connectivity index is 2.37. The summed E-state index contributed by atoms with van der Waals surface area (Å²) in [5.41, 5.74) is 1.62. The van der Waals surface area contributed by atoms with Gasteiger partial charge < -0.3 is 10.0 Å². The highest BCUT2D eigenvalue weighted by Crippen LogP contribution is 2.32. The number of carbonyl (C=O) groups excluding carboxylic acids is 1. The third kappa shape index (κ3) is 1.95. The fourth-order valence-corrected chi connectivity index (χ4v) is 2.09. The first-order chi connectivity index (χ1) is 7.08. The zero-order chi connectivity index (χ0) is 11.0. The zero-order valence-electron chi connectivity index (χ0n) is 8.47. The molecule has 1 atom stereocenters. The number of phenols is 1. The lowest BCUT2D eigenvalue weighted by Gasteiger charge is -2.17. The van der Waals surface area contributed by atoms with E-state index in [0.29, 0.717) is 18.7 Å². The van der Waals surface area contributed by atoms with E-state index in [-0.39, 0.29) is 16.9 Å². The third-order valence-corrected chi connectivity index (χ3v) is 2.87. The van der Waals surface area contributed by atoms with Crippen molar-refractivity contribution in [2.75, 3.05) is 11.4 Å². The Kier molecular flexibility index (Phi) is 2.61. The number of carbonyl (C=O) groups is 1. The highest BCUT2D eigenvalue weighted by Gasteiger charge is 2.29. The lowest BCUT2D eigenvalue weighted by atomic mass is 10.2. The van der Waals surface area contributed by atoms with E-state index in [1.54, 1.807) is 11.0 Å². The quantitative estimate of drug-likeness (QED) is 0.712. The summed E-state index contributed by atoms with van der Waals surface area (Å²) in [4.78, 5) is 13.2. The van der Waals surface area contributed by atoms with Gasteiger partial charge in [0.05, 0.1) is 5.69 Å². The van der Waals surface area contributed by atoms with Crippen LogP contribution in [0.15, 0.2) is 18.2 Å². The number of nitrogens with zero attached hydrogens (tertiary/aromatic N) is 1. The molecule has 1 aliphatic heterocycles. The number of amides is 1. The van der Waals surface area contributed by atoms with Gasteiger partial charge in [0, 0.05) is 18.2 Å². The number of benzene rings is 1. The molecule has 1 saturated heterocycles. The first kappa shape index (κ1) is 10.4. The van der Waals surface area contributed by atoms with Crippen molar-refractivity contribution in [2.24, 2.45) is 0 Å². The maximum Gasteiger partial charge on any atom is 0.228 e. The van der Waals surface area contributed by atoms with Gasteiger partial charge >= 0.3 is 0 Å². The van der Waals surface area contributed by atoms with Crippen LogP contribution in [0.4, 0.5) is 5.69 Å². The molecule has 1 amide bonds. The minimum Gasteiger partial charge on any atom is -0.506 e. The van der Waals surface area contributed by atoms with Crippen LogP contribution in [0.1, 0.15) is 12.0 Å². The SMILES string of the molecule is Cc1ccc(O)c(N2CC(S)CC2=O)c1. The summed E-state index contributed by atoms with van der Waals surface area (Å²) in [6, 6.07) is 5.25. The number of aryl methyl sites for hydroxylation is 1. The van der Waals surface area contributed by atoms with Crippen LogP contribution in [0, 0.1) is 6.92 Å². The molecule has 2 rings (SSSR count). The largest absolute Gasteiger partial charge is 0.506 e. The maximum atomic E-state index is 11.6. The monoisotopic (exact) mass is 223 g/mol. The molecular formula is C11H13NO2S. The van der Waals surface area contributed by atoms with Crippen LogP contribution in [0.3, 0.4) is 0 Å². The number of anilines is 1. The molecule has 1 N–H and O–H groups in total. The first-order valence-electron chi connectivity index (χ1n) is 4.86. The van der Waals surface area contributed by atoms with Crippen LogP contribution in [0.5, 0.6) is 5.75 Å². The molecule has 1 aromatic rings. The summed E-state index contributed by atoms with van der Waals surface area (Å²) in [6.45, 7) is 2.50. The van der Waals surface area contributed by atoms with Crippen molar-refractivity contribution in [1.29, 1.82) is 0 Å². The average Bonchev–Trinajstić information content (AvgIpc) is 2.50. The summed E-state index contributed by atoms with van der Waals surface area (Å²) >= 11 is 4.28. The Bertz CT molecular complexity index is 406. The molecule has 0 spiro atoms. The molecule has 0 radical (unpaired) electrons. The minimum atomic E-state index is 0.0240. The number of hydrogen-bond acceptors (Lipinski definition) is 3. The van der Waals surface area contributed by atoms with E-state index in [1.165, 1.54) is 0 Å². The van der Waals surface area contributed by atoms with Gasteiger partial charge in [-0.05, 0) is 24.6 Å². The fourth-order valence-electron chi connectivity index (χ4n) is 1.77. The number of thiol groups is 1. The molecule has 15 heavy (non-hydrogen) atoms. The van der Waals surface area contributed by atoms with Gasteiger partial charge in [0.1, 0.15) is 5.75 Å². The zero-order valence-corrected chi connectivity index (χ0v) is 9.37. The number of phenolic OH excluding ortho intramolecular Hbond substituents is 1. The number of aromatic hydroxyl groups is 1. The lowest BCUT2D eigenvalue weighted by Crippen LogP contribution is -2.24. The molecule has 1 aromatic carbocycles. The van der Waals surface area contributed by atoms with E-state index >= 15 is 0 Å². The Hall–Kier alpha value is -1.16. The third-order valence-electron chi connectivity index (χ3n) is 2.53. The van der Waals surface area contributed by atoms with Crippen molar-refractivity contribution in [3.05, 3.63) is 23.8 Å². The lowest BCUT2D eigenvalue weighted by molar-refractivity contribution is -0.117. The van der Waals surface area contributed by atoms with E-state index < -0.39 is 0 Å². The molecule has 3 nitrogen and oxygen atoms in total. The Morgan fingerprint density at radius 1 is 1.53 bits per heavy atom. The van der Waals surface area contributed by atoms with Gasteiger partial charge in [-0.15, -0.1) is 0 Å². The summed E-state index contributed by atoms with van der Waals surface area (Å²) < 4.78 is 0. The van der Waals surface area contributed by atoms with Gasteiger partial charge in [-0.3, -0.25) is 4.79 Å². The smallest absolute Gasteiger partial charge is 0.228 e. The summed E-state index contributed by atoms with van der Waals surface area (Å²) in [5, 5.41) is 9.75. The van der Waals surface area contributed by atoms with E-state index in [9.17, 15) is 9.90 Å². The highest BCUT2D eigenvalue weighted by atomic mass is 32.1. The topological polar surface area (TPSA) is 40.5 Å². The molecule has 0 aliphatic carbocycles. The van der Waals surface area contributed by atoms with Gasteiger partial charge in [-0.2, -0.15) is 12.6 Å². The summed E-state index contributed by atoms with van der Waals surface area (Å²) in [6.07, 6.45) is 0.441. The Labute approximate surface area is 94.1 Å². The molecule has 0 aromatic heterocycles. The van der Waals surface area contributed by atoms with E-state index in [2.05, 4.69) is 12.6 Å². The van der Waals surface area contributed by atoms with Crippen molar-refractivity contribution < 1.29 is 9.90 Å². The Morgan fingerprint density at radius 2 is 2.27 bits per heavy atom. The molecule has 1 heterocycles. The van der Waals surface area contributed by atoms with Gasteiger partial charge in [0.2, 0.25) is 5.91 Å². The Morgan fingerprint density at radius 3 is 2.87 bits per heavy atom. The van der Waals surface area contributed by atoms with Gasteiger partial charge in [0.15, 0.2) is 0 Å². The standard InChI is InChI=1S/C11H13NO2S/c1-7-2-3-10(13)9(4-7)12-6-8(15)5-11(12)14/h2-4,8,13,15H,5-6H2,1H3. The second-order valence-corrected chi connectivity index (χ2v) is 4.58. The molecular weight excluding hydrogens is 210 g/mol. The summed E-state index contributed by atoms with van der Waals surface area (Å²) in [7, 11) is 0. The van der Waals surface area contributed by atoms with Crippen LogP contribution in [0.2, 0.25) is 0 Å². The van der Waals surface area contributed by atoms with Crippen LogP contribution in [-0.4, -0.2) is 22.8 Å². The van der Waals surface area contributed by atoms with Crippen LogP contribution < -0.4 is 4.90 Å². The molecule has 4 heteroatoms. The molecule has 0 bridgehead atoms. The van der Waals surface area contributed by atoms with Gasteiger partial charge in [0.25, 0.3) is 0 Å². The van der Waals surface area contributed by atoms with E-state index in [0.717, 1.165) is 5.56 Å². The average molecular weight is 223 g/mol. The molecule has 1 aliphatic rings. The van der Waals surface area contributed by atoms with Gasteiger partial charge in [-0.1, -0.05) is 6.07 Å². The normalized spacial score (nSPS) is 21.1. The van der Waals surface area contributed by atoms with Crippen molar-refractivity contribution >= 4 is 24.2 Å². The molecule has 80 valence electrons. The van der Waals surface area contributed by atoms with Crippen LogP contribution >= 0.6 is 12.6 Å². The number of rotatable bonds is 1. The fraction of sp³-hybridized carbons (Fsp3) is 0.364. The minimum absolute atomic E-state index is 0.0240. The van der Waals surface area contributed by atoms with Crippen molar-refractivity contribution in [3.8, 4) is 5.75 Å². The second-order valence-electron chi connectivity index (χ2n) is 3.85. The van der Waals surface area contributed by atoms with Crippen molar-refractivity contribution in [1.82, 2.24) is 0 Å². The molecule has 0 saturated carbocycles. The molecule has 1 unspecified atom stereocenters. The van der Waals surface area contributed by atoms with Gasteiger partial charge in [-0.25, -0.2) is 0 Å². The second kappa shape index (κ2) is 3.77. The van der Waals surface area contributed by atoms with E-state index in [1.807, 2.05) is 19.1 Å². The highest BCUT2D eigenvalue weighted by molar-refractivity contribution is 7.81. The van der Waals surface area contributed by atoms with Crippen LogP contribution in [0.25, 0.3) is 0 Å². The van der Waals surface area contributed by atoms with Crippen molar-refractivity contribution in [3.63, 3.8) is 0 Å². The molecule has 1 fully saturated rings. The summed E-state index contributed by atoms with van der Waals surface area (Å²) in [5.74, 6) is 0.173. The first-order valence-corrected chi connectivity index (χ1v) is 5.37. The van der Waals surface area contributed by atoms with Crippen molar-refractivity contribution in [2.45, 2.75) is 18.6 Å².